The SMILES string of the molecule is O=[N+]([O-])c1cccnc1N1CCC(Br)=N1. The van der Waals surface area contributed by atoms with E-state index >= 15 is 0 Å². The van der Waals surface area contributed by atoms with Crippen LogP contribution in [0.5, 0.6) is 0 Å². The summed E-state index contributed by atoms with van der Waals surface area (Å²) in [5, 5.41) is 16.4. The summed E-state index contributed by atoms with van der Waals surface area (Å²) in [4.78, 5) is 14.3. The molecule has 7 heteroatoms. The average Bonchev–Trinajstić information content (AvgIpc) is 2.65. The van der Waals surface area contributed by atoms with Gasteiger partial charge in [-0.3, -0.25) is 10.1 Å². The molecule has 0 spiro atoms. The number of halogens is 1. The summed E-state index contributed by atoms with van der Waals surface area (Å²) >= 11 is 3.25. The first-order valence-corrected chi connectivity index (χ1v) is 5.07. The number of nitrogens with zero attached hydrogens (tertiary/aromatic N) is 4. The van der Waals surface area contributed by atoms with Crippen LogP contribution in [0.15, 0.2) is 23.4 Å². The summed E-state index contributed by atoms with van der Waals surface area (Å²) in [6.45, 7) is 0.610. The molecule has 78 valence electrons. The van der Waals surface area contributed by atoms with Crippen LogP contribution >= 0.6 is 15.9 Å². The molecule has 0 unspecified atom stereocenters. The number of rotatable bonds is 2. The van der Waals surface area contributed by atoms with Crippen LogP contribution in [0.25, 0.3) is 0 Å². The lowest BCUT2D eigenvalue weighted by Crippen LogP contribution is -2.15. The van der Waals surface area contributed by atoms with Crippen molar-refractivity contribution in [2.45, 2.75) is 6.42 Å². The second-order valence-corrected chi connectivity index (χ2v) is 3.87. The molecule has 2 heterocycles. The number of anilines is 1. The second-order valence-electron chi connectivity index (χ2n) is 2.95. The van der Waals surface area contributed by atoms with E-state index in [0.717, 1.165) is 11.0 Å². The Morgan fingerprint density at radius 2 is 2.40 bits per heavy atom. The van der Waals surface area contributed by atoms with E-state index in [1.807, 2.05) is 0 Å². The van der Waals surface area contributed by atoms with E-state index in [2.05, 4.69) is 26.0 Å². The van der Waals surface area contributed by atoms with Gasteiger partial charge < -0.3 is 0 Å². The van der Waals surface area contributed by atoms with E-state index in [0.29, 0.717) is 6.54 Å². The number of aromatic nitrogens is 1. The first-order chi connectivity index (χ1) is 7.18. The number of hydrogen-bond acceptors (Lipinski definition) is 5. The summed E-state index contributed by atoms with van der Waals surface area (Å²) in [6, 6.07) is 2.96. The predicted molar refractivity (Wildman–Crippen MR) is 59.2 cm³/mol. The number of pyridine rings is 1. The Hall–Kier alpha value is -1.50. The van der Waals surface area contributed by atoms with Crippen LogP contribution in [-0.4, -0.2) is 21.1 Å². The molecule has 0 bridgehead atoms. The minimum atomic E-state index is -0.454. The van der Waals surface area contributed by atoms with Crippen molar-refractivity contribution in [3.05, 3.63) is 28.4 Å². The van der Waals surface area contributed by atoms with E-state index in [4.69, 9.17) is 0 Å². The zero-order chi connectivity index (χ0) is 10.8. The molecular weight excluding hydrogens is 264 g/mol. The van der Waals surface area contributed by atoms with Gasteiger partial charge in [0, 0.05) is 25.2 Å². The third-order valence-corrected chi connectivity index (χ3v) is 2.52. The van der Waals surface area contributed by atoms with Gasteiger partial charge in [-0.1, -0.05) is 0 Å². The van der Waals surface area contributed by atoms with Crippen molar-refractivity contribution in [3.8, 4) is 0 Å². The molecule has 0 aromatic carbocycles. The number of hydrogen-bond donors (Lipinski definition) is 0. The van der Waals surface area contributed by atoms with Gasteiger partial charge in [0.05, 0.1) is 4.92 Å². The molecule has 0 fully saturated rings. The van der Waals surface area contributed by atoms with Gasteiger partial charge in [0.25, 0.3) is 0 Å². The van der Waals surface area contributed by atoms with Crippen molar-refractivity contribution in [1.82, 2.24) is 4.98 Å². The van der Waals surface area contributed by atoms with Gasteiger partial charge >= 0.3 is 5.69 Å². The molecule has 1 aromatic heterocycles. The van der Waals surface area contributed by atoms with Gasteiger partial charge in [-0.05, 0) is 22.0 Å². The predicted octanol–water partition coefficient (Wildman–Crippen LogP) is 1.91. The molecular formula is C8H7BrN4O2. The monoisotopic (exact) mass is 270 g/mol. The topological polar surface area (TPSA) is 71.6 Å². The quantitative estimate of drug-likeness (QED) is 0.608. The van der Waals surface area contributed by atoms with Crippen LogP contribution in [0.1, 0.15) is 6.42 Å². The highest BCUT2D eigenvalue weighted by atomic mass is 79.9. The van der Waals surface area contributed by atoms with Crippen molar-refractivity contribution in [1.29, 1.82) is 0 Å². The van der Waals surface area contributed by atoms with Crippen LogP contribution in [-0.2, 0) is 0 Å². The van der Waals surface area contributed by atoms with Crippen molar-refractivity contribution < 1.29 is 4.92 Å². The summed E-state index contributed by atoms with van der Waals surface area (Å²) < 4.78 is 0.780. The Balaban J connectivity index is 2.40. The van der Waals surface area contributed by atoms with Crippen LogP contribution in [0.3, 0.4) is 0 Å². The van der Waals surface area contributed by atoms with E-state index in [-0.39, 0.29) is 11.5 Å². The van der Waals surface area contributed by atoms with Gasteiger partial charge in [-0.25, -0.2) is 9.99 Å². The van der Waals surface area contributed by atoms with E-state index in [9.17, 15) is 10.1 Å². The summed E-state index contributed by atoms with van der Waals surface area (Å²) in [6.07, 6.45) is 2.26. The minimum Gasteiger partial charge on any atom is -0.258 e. The van der Waals surface area contributed by atoms with Crippen LogP contribution in [0, 0.1) is 10.1 Å². The molecule has 6 nitrogen and oxygen atoms in total. The summed E-state index contributed by atoms with van der Waals surface area (Å²) in [7, 11) is 0. The van der Waals surface area contributed by atoms with Crippen LogP contribution in [0.2, 0.25) is 0 Å². The Morgan fingerprint density at radius 3 is 3.00 bits per heavy atom. The van der Waals surface area contributed by atoms with Crippen LogP contribution in [0.4, 0.5) is 11.5 Å². The third kappa shape index (κ3) is 1.96. The first kappa shape index (κ1) is 10.0. The lowest BCUT2D eigenvalue weighted by molar-refractivity contribution is -0.384. The Labute approximate surface area is 93.9 Å². The molecule has 15 heavy (non-hydrogen) atoms. The Kier molecular flexibility index (Phi) is 2.63. The lowest BCUT2D eigenvalue weighted by Gasteiger charge is -2.11. The van der Waals surface area contributed by atoms with Crippen molar-refractivity contribution >= 4 is 32.1 Å². The molecule has 1 aliphatic heterocycles. The maximum absolute atomic E-state index is 10.7. The largest absolute Gasteiger partial charge is 0.313 e. The third-order valence-electron chi connectivity index (χ3n) is 1.97. The van der Waals surface area contributed by atoms with E-state index in [1.165, 1.54) is 23.3 Å². The fraction of sp³-hybridized carbons (Fsp3) is 0.250. The maximum Gasteiger partial charge on any atom is 0.313 e. The maximum atomic E-state index is 10.7. The van der Waals surface area contributed by atoms with Gasteiger partial charge in [-0.15, -0.1) is 0 Å². The fourth-order valence-corrected chi connectivity index (χ4v) is 1.68. The highest BCUT2D eigenvalue weighted by molar-refractivity contribution is 9.18. The minimum absolute atomic E-state index is 0.0246. The normalized spacial score (nSPS) is 15.3. The zero-order valence-electron chi connectivity index (χ0n) is 7.63. The Bertz CT molecular complexity index is 434. The zero-order valence-corrected chi connectivity index (χ0v) is 9.22. The van der Waals surface area contributed by atoms with Crippen molar-refractivity contribution in [2.24, 2.45) is 5.10 Å². The smallest absolute Gasteiger partial charge is 0.258 e. The van der Waals surface area contributed by atoms with Crippen LogP contribution < -0.4 is 5.01 Å². The molecule has 0 aliphatic carbocycles. The molecule has 1 aliphatic rings. The highest BCUT2D eigenvalue weighted by Gasteiger charge is 2.23. The van der Waals surface area contributed by atoms with Gasteiger partial charge in [0.15, 0.2) is 0 Å². The standard InChI is InChI=1S/C8H7BrN4O2/c9-7-3-5-12(11-7)8-6(13(14)15)2-1-4-10-8/h1-2,4H,3,5H2. The van der Waals surface area contributed by atoms with Gasteiger partial charge in [0.1, 0.15) is 4.62 Å². The fourth-order valence-electron chi connectivity index (χ4n) is 1.31. The Morgan fingerprint density at radius 1 is 1.60 bits per heavy atom. The molecule has 0 radical (unpaired) electrons. The highest BCUT2D eigenvalue weighted by Crippen LogP contribution is 2.27. The summed E-state index contributed by atoms with van der Waals surface area (Å²) in [5.74, 6) is 0.289. The second kappa shape index (κ2) is 3.93. The van der Waals surface area contributed by atoms with E-state index in [1.54, 1.807) is 0 Å². The molecule has 0 atom stereocenters. The molecule has 0 saturated heterocycles. The molecule has 0 amide bonds. The molecule has 0 saturated carbocycles. The van der Waals surface area contributed by atoms with Crippen molar-refractivity contribution in [3.63, 3.8) is 0 Å². The average molecular weight is 271 g/mol. The molecule has 1 aromatic rings. The van der Waals surface area contributed by atoms with E-state index < -0.39 is 4.92 Å². The molecule has 2 rings (SSSR count). The van der Waals surface area contributed by atoms with Crippen molar-refractivity contribution in [2.75, 3.05) is 11.6 Å². The molecule has 0 N–H and O–H groups in total. The van der Waals surface area contributed by atoms with Gasteiger partial charge in [0.2, 0.25) is 5.82 Å². The number of hydrazone groups is 1. The lowest BCUT2D eigenvalue weighted by atomic mass is 10.4. The first-order valence-electron chi connectivity index (χ1n) is 4.28. The number of nitro groups is 1. The summed E-state index contributed by atoms with van der Waals surface area (Å²) in [5.41, 5.74) is -0.0246. The van der Waals surface area contributed by atoms with Gasteiger partial charge in [-0.2, -0.15) is 5.10 Å².